The number of sulfone groups is 1. The zero-order chi connectivity index (χ0) is 21.4. The van der Waals surface area contributed by atoms with Crippen molar-refractivity contribution in [1.29, 1.82) is 0 Å². The molecule has 0 aliphatic heterocycles. The summed E-state index contributed by atoms with van der Waals surface area (Å²) in [5.74, 6) is 0.863. The molecule has 9 heteroatoms. The Morgan fingerprint density at radius 2 is 1.93 bits per heavy atom. The lowest BCUT2D eigenvalue weighted by molar-refractivity contribution is 0.599. The average molecular weight is 422 g/mol. The van der Waals surface area contributed by atoms with E-state index in [0.29, 0.717) is 30.2 Å². The summed E-state index contributed by atoms with van der Waals surface area (Å²) in [5, 5.41) is 6.29. The van der Waals surface area contributed by atoms with Gasteiger partial charge in [-0.15, -0.1) is 0 Å². The number of benzene rings is 1. The number of nitrogens with one attached hydrogen (secondary N) is 2. The standard InChI is InChI=1S/C20H28FN5O2S/c1-5-22-20(24-12-15-8-9-23-19(10-15)26(2)3)25-13-17-11-18(21)7-6-16(17)14-29(4,27)28/h6-11H,5,12-14H2,1-4H3,(H2,22,24,25). The van der Waals surface area contributed by atoms with E-state index >= 15 is 0 Å². The van der Waals surface area contributed by atoms with E-state index in [-0.39, 0.29) is 12.3 Å². The second kappa shape index (κ2) is 10.2. The summed E-state index contributed by atoms with van der Waals surface area (Å²) in [6.07, 6.45) is 2.90. The Morgan fingerprint density at radius 1 is 1.17 bits per heavy atom. The molecule has 1 aromatic heterocycles. The van der Waals surface area contributed by atoms with Gasteiger partial charge in [0.15, 0.2) is 15.8 Å². The normalized spacial score (nSPS) is 12.0. The van der Waals surface area contributed by atoms with E-state index in [4.69, 9.17) is 0 Å². The molecule has 29 heavy (non-hydrogen) atoms. The minimum atomic E-state index is -3.22. The molecule has 1 aromatic carbocycles. The van der Waals surface area contributed by atoms with E-state index in [2.05, 4.69) is 20.6 Å². The molecule has 0 radical (unpaired) electrons. The molecule has 0 spiro atoms. The molecular weight excluding hydrogens is 393 g/mol. The minimum Gasteiger partial charge on any atom is -0.363 e. The zero-order valence-electron chi connectivity index (χ0n) is 17.2. The fourth-order valence-electron chi connectivity index (χ4n) is 2.68. The molecule has 0 saturated carbocycles. The van der Waals surface area contributed by atoms with Gasteiger partial charge in [-0.1, -0.05) is 6.07 Å². The fourth-order valence-corrected chi connectivity index (χ4v) is 3.52. The lowest BCUT2D eigenvalue weighted by Gasteiger charge is -2.15. The number of pyridine rings is 1. The summed E-state index contributed by atoms with van der Waals surface area (Å²) in [4.78, 5) is 10.8. The summed E-state index contributed by atoms with van der Waals surface area (Å²) in [7, 11) is 0.625. The fraction of sp³-hybridized carbons (Fsp3) is 0.400. The smallest absolute Gasteiger partial charge is 0.191 e. The van der Waals surface area contributed by atoms with E-state index in [1.807, 2.05) is 38.1 Å². The van der Waals surface area contributed by atoms with Gasteiger partial charge in [-0.25, -0.2) is 22.8 Å². The van der Waals surface area contributed by atoms with Gasteiger partial charge in [0.1, 0.15) is 11.6 Å². The van der Waals surface area contributed by atoms with Gasteiger partial charge >= 0.3 is 0 Å². The predicted molar refractivity (Wildman–Crippen MR) is 115 cm³/mol. The van der Waals surface area contributed by atoms with Gasteiger partial charge in [-0.05, 0) is 47.9 Å². The van der Waals surface area contributed by atoms with Crippen LogP contribution in [0.4, 0.5) is 10.2 Å². The van der Waals surface area contributed by atoms with Crippen molar-refractivity contribution in [3.8, 4) is 0 Å². The van der Waals surface area contributed by atoms with Crippen LogP contribution < -0.4 is 15.5 Å². The molecule has 0 bridgehead atoms. The van der Waals surface area contributed by atoms with Gasteiger partial charge in [0.2, 0.25) is 0 Å². The molecule has 2 rings (SSSR count). The molecule has 1 heterocycles. The maximum absolute atomic E-state index is 13.7. The molecule has 0 aliphatic carbocycles. The highest BCUT2D eigenvalue weighted by Crippen LogP contribution is 2.15. The first-order chi connectivity index (χ1) is 13.7. The van der Waals surface area contributed by atoms with Crippen LogP contribution in [0.2, 0.25) is 0 Å². The van der Waals surface area contributed by atoms with E-state index in [1.54, 1.807) is 6.20 Å². The van der Waals surface area contributed by atoms with E-state index < -0.39 is 15.7 Å². The first-order valence-electron chi connectivity index (χ1n) is 9.27. The Balaban J connectivity index is 2.14. The first-order valence-corrected chi connectivity index (χ1v) is 11.3. The van der Waals surface area contributed by atoms with E-state index in [1.165, 1.54) is 18.2 Å². The van der Waals surface area contributed by atoms with E-state index in [0.717, 1.165) is 17.6 Å². The molecule has 7 nitrogen and oxygen atoms in total. The van der Waals surface area contributed by atoms with Gasteiger partial charge in [-0.3, -0.25) is 0 Å². The minimum absolute atomic E-state index is 0.137. The number of hydrogen-bond acceptors (Lipinski definition) is 5. The SMILES string of the molecule is CCNC(=NCc1ccnc(N(C)C)c1)NCc1cc(F)ccc1CS(C)(=O)=O. The highest BCUT2D eigenvalue weighted by Gasteiger charge is 2.11. The molecule has 158 valence electrons. The zero-order valence-corrected chi connectivity index (χ0v) is 18.1. The average Bonchev–Trinajstić information content (AvgIpc) is 2.65. The van der Waals surface area contributed by atoms with Crippen LogP contribution in [-0.2, 0) is 28.7 Å². The summed E-state index contributed by atoms with van der Waals surface area (Å²) in [6, 6.07) is 8.00. The number of guanidine groups is 1. The number of aromatic nitrogens is 1. The summed E-state index contributed by atoms with van der Waals surface area (Å²) < 4.78 is 37.0. The maximum atomic E-state index is 13.7. The van der Waals surface area contributed by atoms with Crippen LogP contribution in [0.5, 0.6) is 0 Å². The van der Waals surface area contributed by atoms with Crippen LogP contribution in [0, 0.1) is 5.82 Å². The maximum Gasteiger partial charge on any atom is 0.191 e. The molecule has 2 aromatic rings. The molecule has 0 amide bonds. The molecule has 2 N–H and O–H groups in total. The van der Waals surface area contributed by atoms with Crippen LogP contribution in [0.25, 0.3) is 0 Å². The van der Waals surface area contributed by atoms with Gasteiger partial charge in [0.25, 0.3) is 0 Å². The Morgan fingerprint density at radius 3 is 2.59 bits per heavy atom. The summed E-state index contributed by atoms with van der Waals surface area (Å²) in [5.41, 5.74) is 2.16. The number of hydrogen-bond donors (Lipinski definition) is 2. The quantitative estimate of drug-likeness (QED) is 0.501. The van der Waals surface area contributed by atoms with Crippen LogP contribution in [0.1, 0.15) is 23.6 Å². The number of aliphatic imine (C=N–C) groups is 1. The van der Waals surface area contributed by atoms with Crippen molar-refractivity contribution >= 4 is 21.6 Å². The number of nitrogens with zero attached hydrogens (tertiary/aromatic N) is 3. The monoisotopic (exact) mass is 421 g/mol. The first kappa shape index (κ1) is 22.6. The highest BCUT2D eigenvalue weighted by molar-refractivity contribution is 7.89. The number of halogens is 1. The van der Waals surface area contributed by atoms with E-state index in [9.17, 15) is 12.8 Å². The molecule has 0 aliphatic rings. The van der Waals surface area contributed by atoms with Crippen molar-refractivity contribution in [3.05, 3.63) is 59.0 Å². The van der Waals surface area contributed by atoms with Crippen molar-refractivity contribution in [3.63, 3.8) is 0 Å². The predicted octanol–water partition coefficient (Wildman–Crippen LogP) is 2.09. The van der Waals surface area contributed by atoms with Gasteiger partial charge in [-0.2, -0.15) is 0 Å². The summed E-state index contributed by atoms with van der Waals surface area (Å²) >= 11 is 0. The highest BCUT2D eigenvalue weighted by atomic mass is 32.2. The van der Waals surface area contributed by atoms with Crippen molar-refractivity contribution in [2.45, 2.75) is 25.8 Å². The van der Waals surface area contributed by atoms with Crippen LogP contribution in [0.3, 0.4) is 0 Å². The van der Waals surface area contributed by atoms with Crippen LogP contribution in [0.15, 0.2) is 41.5 Å². The number of rotatable bonds is 8. The lowest BCUT2D eigenvalue weighted by Crippen LogP contribution is -2.37. The summed E-state index contributed by atoms with van der Waals surface area (Å²) in [6.45, 7) is 3.31. The van der Waals surface area contributed by atoms with Gasteiger partial charge < -0.3 is 15.5 Å². The third kappa shape index (κ3) is 7.69. The lowest BCUT2D eigenvalue weighted by atomic mass is 10.1. The van der Waals surface area contributed by atoms with Crippen molar-refractivity contribution in [2.24, 2.45) is 4.99 Å². The molecular formula is C20H28FN5O2S. The molecule has 0 unspecified atom stereocenters. The Bertz CT molecular complexity index is 961. The number of anilines is 1. The third-order valence-electron chi connectivity index (χ3n) is 4.06. The second-order valence-corrected chi connectivity index (χ2v) is 9.09. The topological polar surface area (TPSA) is 86.7 Å². The Labute approximate surface area is 172 Å². The molecule has 0 fully saturated rings. The van der Waals surface area contributed by atoms with Gasteiger partial charge in [0, 0.05) is 39.6 Å². The van der Waals surface area contributed by atoms with Crippen molar-refractivity contribution in [2.75, 3.05) is 31.8 Å². The van der Waals surface area contributed by atoms with Gasteiger partial charge in [0.05, 0.1) is 12.3 Å². The molecule has 0 atom stereocenters. The largest absolute Gasteiger partial charge is 0.363 e. The van der Waals surface area contributed by atoms with Crippen LogP contribution in [-0.4, -0.2) is 46.3 Å². The Kier molecular flexibility index (Phi) is 7.95. The van der Waals surface area contributed by atoms with Crippen LogP contribution >= 0.6 is 0 Å². The second-order valence-electron chi connectivity index (χ2n) is 6.95. The van der Waals surface area contributed by atoms with Crippen molar-refractivity contribution < 1.29 is 12.8 Å². The Hall–Kier alpha value is -2.68. The third-order valence-corrected chi connectivity index (χ3v) is 4.90. The van der Waals surface area contributed by atoms with Crippen molar-refractivity contribution in [1.82, 2.24) is 15.6 Å². The molecule has 0 saturated heterocycles.